The molecule has 0 aliphatic heterocycles. The highest BCUT2D eigenvalue weighted by Crippen LogP contribution is 2.07. The fourth-order valence-electron chi connectivity index (χ4n) is 1.99. The van der Waals surface area contributed by atoms with Crippen LogP contribution < -0.4 is 0 Å². The molecule has 0 bridgehead atoms. The van der Waals surface area contributed by atoms with E-state index in [0.29, 0.717) is 24.6 Å². The van der Waals surface area contributed by atoms with E-state index < -0.39 is 0 Å². The van der Waals surface area contributed by atoms with Gasteiger partial charge in [0.25, 0.3) is 0 Å². The first-order valence-electron chi connectivity index (χ1n) is 7.77. The molecule has 0 fully saturated rings. The van der Waals surface area contributed by atoms with Crippen LogP contribution in [0.2, 0.25) is 0 Å². The Morgan fingerprint density at radius 3 is 1.44 bits per heavy atom. The predicted molar refractivity (Wildman–Crippen MR) is 87.9 cm³/mol. The first kappa shape index (κ1) is 18.5. The summed E-state index contributed by atoms with van der Waals surface area (Å²) in [4.78, 5) is 30.4. The SMILES string of the molecule is CC(=O)OCc1cccc(COCc2cccc(COC(C)=O)n2)n1. The van der Waals surface area contributed by atoms with E-state index in [2.05, 4.69) is 9.97 Å². The molecule has 25 heavy (non-hydrogen) atoms. The average molecular weight is 344 g/mol. The molecule has 0 aliphatic carbocycles. The molecule has 0 unspecified atom stereocenters. The Balaban J connectivity index is 1.84. The maximum absolute atomic E-state index is 10.8. The van der Waals surface area contributed by atoms with Gasteiger partial charge in [-0.3, -0.25) is 19.6 Å². The molecule has 0 aliphatic rings. The largest absolute Gasteiger partial charge is 0.459 e. The van der Waals surface area contributed by atoms with Crippen LogP contribution in [0.1, 0.15) is 36.6 Å². The molecule has 0 saturated carbocycles. The van der Waals surface area contributed by atoms with Crippen LogP contribution in [0, 0.1) is 0 Å². The Morgan fingerprint density at radius 2 is 1.08 bits per heavy atom. The van der Waals surface area contributed by atoms with Crippen molar-refractivity contribution < 1.29 is 23.8 Å². The molecule has 0 atom stereocenters. The van der Waals surface area contributed by atoms with Crippen LogP contribution in [0.5, 0.6) is 0 Å². The fraction of sp³-hybridized carbons (Fsp3) is 0.333. The molecule has 0 saturated heterocycles. The van der Waals surface area contributed by atoms with Gasteiger partial charge in [-0.05, 0) is 24.3 Å². The highest BCUT2D eigenvalue weighted by atomic mass is 16.5. The monoisotopic (exact) mass is 344 g/mol. The zero-order chi connectivity index (χ0) is 18.1. The standard InChI is InChI=1S/C18H20N2O5/c1-13(21)24-11-17-7-3-5-15(19-17)9-23-10-16-6-4-8-18(20-16)12-25-14(2)22/h3-8H,9-12H2,1-2H3. The molecule has 2 rings (SSSR count). The van der Waals surface area contributed by atoms with Crippen molar-refractivity contribution in [1.29, 1.82) is 0 Å². The van der Waals surface area contributed by atoms with Crippen LogP contribution in [0.25, 0.3) is 0 Å². The number of carbonyl (C=O) groups excluding carboxylic acids is 2. The van der Waals surface area contributed by atoms with Crippen molar-refractivity contribution in [2.45, 2.75) is 40.3 Å². The normalized spacial score (nSPS) is 10.3. The van der Waals surface area contributed by atoms with E-state index in [4.69, 9.17) is 14.2 Å². The third kappa shape index (κ3) is 7.09. The molecular weight excluding hydrogens is 324 g/mol. The smallest absolute Gasteiger partial charge is 0.303 e. The number of ether oxygens (including phenoxy) is 3. The first-order valence-corrected chi connectivity index (χ1v) is 7.77. The van der Waals surface area contributed by atoms with Gasteiger partial charge in [0.2, 0.25) is 0 Å². The van der Waals surface area contributed by atoms with E-state index in [1.54, 1.807) is 12.1 Å². The molecule has 2 aromatic rings. The Bertz CT molecular complexity index is 671. The fourth-order valence-corrected chi connectivity index (χ4v) is 1.99. The van der Waals surface area contributed by atoms with Crippen LogP contribution >= 0.6 is 0 Å². The van der Waals surface area contributed by atoms with Crippen LogP contribution in [0.3, 0.4) is 0 Å². The number of esters is 2. The van der Waals surface area contributed by atoms with E-state index in [-0.39, 0.29) is 25.2 Å². The Hall–Kier alpha value is -2.80. The topological polar surface area (TPSA) is 87.6 Å². The lowest BCUT2D eigenvalue weighted by Crippen LogP contribution is -2.05. The third-order valence-corrected chi connectivity index (χ3v) is 3.08. The number of aromatic nitrogens is 2. The van der Waals surface area contributed by atoms with Crippen LogP contribution in [-0.2, 0) is 50.2 Å². The number of nitrogens with zero attached hydrogens (tertiary/aromatic N) is 2. The van der Waals surface area contributed by atoms with Gasteiger partial charge in [0.05, 0.1) is 36.0 Å². The van der Waals surface area contributed by atoms with Crippen molar-refractivity contribution in [3.05, 3.63) is 59.2 Å². The van der Waals surface area contributed by atoms with Gasteiger partial charge < -0.3 is 14.2 Å². The number of rotatable bonds is 8. The second-order valence-electron chi connectivity index (χ2n) is 5.29. The number of hydrogen-bond acceptors (Lipinski definition) is 7. The Kier molecular flexibility index (Phi) is 7.03. The first-order chi connectivity index (χ1) is 12.0. The molecule has 0 aromatic carbocycles. The molecule has 0 spiro atoms. The minimum Gasteiger partial charge on any atom is -0.459 e. The van der Waals surface area contributed by atoms with E-state index >= 15 is 0 Å². The molecule has 7 nitrogen and oxygen atoms in total. The van der Waals surface area contributed by atoms with Gasteiger partial charge in [0, 0.05) is 13.8 Å². The number of hydrogen-bond donors (Lipinski definition) is 0. The molecule has 0 N–H and O–H groups in total. The van der Waals surface area contributed by atoms with Crippen LogP contribution in [0.4, 0.5) is 0 Å². The minimum absolute atomic E-state index is 0.142. The highest BCUT2D eigenvalue weighted by molar-refractivity contribution is 5.66. The van der Waals surface area contributed by atoms with Crippen molar-refractivity contribution in [2.75, 3.05) is 0 Å². The van der Waals surface area contributed by atoms with Crippen LogP contribution in [-0.4, -0.2) is 21.9 Å². The van der Waals surface area contributed by atoms with Crippen molar-refractivity contribution in [1.82, 2.24) is 9.97 Å². The summed E-state index contributed by atoms with van der Waals surface area (Å²) in [5.41, 5.74) is 2.80. The molecule has 0 amide bonds. The summed E-state index contributed by atoms with van der Waals surface area (Å²) in [5, 5.41) is 0. The summed E-state index contributed by atoms with van der Waals surface area (Å²) >= 11 is 0. The maximum atomic E-state index is 10.8. The van der Waals surface area contributed by atoms with E-state index in [1.165, 1.54) is 13.8 Å². The summed E-state index contributed by atoms with van der Waals surface area (Å²) in [6, 6.07) is 10.9. The zero-order valence-electron chi connectivity index (χ0n) is 14.2. The van der Waals surface area contributed by atoms with Crippen molar-refractivity contribution in [3.63, 3.8) is 0 Å². The van der Waals surface area contributed by atoms with Gasteiger partial charge in [-0.15, -0.1) is 0 Å². The quantitative estimate of drug-likeness (QED) is 0.679. The third-order valence-electron chi connectivity index (χ3n) is 3.08. The van der Waals surface area contributed by atoms with Crippen LogP contribution in [0.15, 0.2) is 36.4 Å². The average Bonchev–Trinajstić information content (AvgIpc) is 2.59. The summed E-state index contributed by atoms with van der Waals surface area (Å²) < 4.78 is 15.5. The van der Waals surface area contributed by atoms with Gasteiger partial charge in [0.15, 0.2) is 0 Å². The predicted octanol–water partition coefficient (Wildman–Crippen LogP) is 2.32. The van der Waals surface area contributed by atoms with E-state index in [1.807, 2.05) is 24.3 Å². The number of pyridine rings is 2. The molecule has 0 radical (unpaired) electrons. The minimum atomic E-state index is -0.344. The van der Waals surface area contributed by atoms with Crippen molar-refractivity contribution in [3.8, 4) is 0 Å². The molecular formula is C18H20N2O5. The number of carbonyl (C=O) groups is 2. The van der Waals surface area contributed by atoms with Gasteiger partial charge in [-0.1, -0.05) is 12.1 Å². The highest BCUT2D eigenvalue weighted by Gasteiger charge is 2.03. The Labute approximate surface area is 146 Å². The lowest BCUT2D eigenvalue weighted by Gasteiger charge is -2.07. The molecule has 2 heterocycles. The lowest BCUT2D eigenvalue weighted by molar-refractivity contribution is -0.143. The van der Waals surface area contributed by atoms with E-state index in [0.717, 1.165) is 11.4 Å². The lowest BCUT2D eigenvalue weighted by atomic mass is 10.3. The molecule has 132 valence electrons. The Morgan fingerprint density at radius 1 is 0.720 bits per heavy atom. The van der Waals surface area contributed by atoms with E-state index in [9.17, 15) is 9.59 Å². The van der Waals surface area contributed by atoms with Crippen molar-refractivity contribution in [2.24, 2.45) is 0 Å². The summed E-state index contributed by atoms with van der Waals surface area (Å²) in [6.07, 6.45) is 0. The van der Waals surface area contributed by atoms with Crippen molar-refractivity contribution >= 4 is 11.9 Å². The second-order valence-corrected chi connectivity index (χ2v) is 5.29. The summed E-state index contributed by atoms with van der Waals surface area (Å²) in [5.74, 6) is -0.689. The zero-order valence-corrected chi connectivity index (χ0v) is 14.2. The van der Waals surface area contributed by atoms with Gasteiger partial charge >= 0.3 is 11.9 Å². The maximum Gasteiger partial charge on any atom is 0.303 e. The van der Waals surface area contributed by atoms with Gasteiger partial charge in [0.1, 0.15) is 13.2 Å². The molecule has 2 aromatic heterocycles. The second kappa shape index (κ2) is 9.48. The summed E-state index contributed by atoms with van der Waals surface area (Å²) in [6.45, 7) is 3.62. The van der Waals surface area contributed by atoms with Gasteiger partial charge in [-0.25, -0.2) is 0 Å². The molecule has 7 heteroatoms. The van der Waals surface area contributed by atoms with Gasteiger partial charge in [-0.2, -0.15) is 0 Å². The summed E-state index contributed by atoms with van der Waals surface area (Å²) in [7, 11) is 0.